The van der Waals surface area contributed by atoms with Gasteiger partial charge in [0.05, 0.1) is 18.9 Å². The number of hydrogen-bond acceptors (Lipinski definition) is 4. The van der Waals surface area contributed by atoms with E-state index >= 15 is 0 Å². The maximum absolute atomic E-state index is 12.5. The fourth-order valence-electron chi connectivity index (χ4n) is 4.91. The first-order valence-electron chi connectivity index (χ1n) is 12.3. The van der Waals surface area contributed by atoms with Crippen LogP contribution in [0, 0.1) is 11.8 Å². The van der Waals surface area contributed by atoms with E-state index in [9.17, 15) is 4.79 Å². The van der Waals surface area contributed by atoms with Gasteiger partial charge in [0.25, 0.3) is 0 Å². The van der Waals surface area contributed by atoms with Crippen molar-refractivity contribution in [2.45, 2.75) is 45.3 Å². The summed E-state index contributed by atoms with van der Waals surface area (Å²) in [5.74, 6) is 0.118. The number of allylic oxidation sites excluding steroid dienone is 5. The number of nitrogens with zero attached hydrogens (tertiary/aromatic N) is 2. The summed E-state index contributed by atoms with van der Waals surface area (Å²) in [4.78, 5) is 19.0. The van der Waals surface area contributed by atoms with Crippen LogP contribution in [0.3, 0.4) is 0 Å². The summed E-state index contributed by atoms with van der Waals surface area (Å²) < 4.78 is 12.6. The second-order valence-electron chi connectivity index (χ2n) is 9.38. The number of rotatable bonds is 8. The number of carbonyl (C=O) groups excluding carboxylic acids is 1. The van der Waals surface area contributed by atoms with E-state index in [0.717, 1.165) is 66.7 Å². The first-order chi connectivity index (χ1) is 16.5. The second kappa shape index (κ2) is 10.7. The third-order valence-electron chi connectivity index (χ3n) is 6.97. The van der Waals surface area contributed by atoms with Gasteiger partial charge < -0.3 is 14.4 Å². The zero-order valence-electron chi connectivity index (χ0n) is 20.5. The average molecular weight is 461 g/mol. The van der Waals surface area contributed by atoms with Crippen molar-refractivity contribution >= 4 is 17.7 Å². The van der Waals surface area contributed by atoms with Crippen LogP contribution in [0.5, 0.6) is 0 Å². The third-order valence-corrected chi connectivity index (χ3v) is 6.97. The Morgan fingerprint density at radius 1 is 1.12 bits per heavy atom. The Hall–Kier alpha value is -2.76. The quantitative estimate of drug-likeness (QED) is 0.372. The number of ether oxygens (including phenoxy) is 2. The van der Waals surface area contributed by atoms with E-state index < -0.39 is 5.79 Å². The van der Waals surface area contributed by atoms with Crippen molar-refractivity contribution in [3.05, 3.63) is 78.0 Å². The Kier molecular flexibility index (Phi) is 7.64. The Morgan fingerprint density at radius 2 is 1.76 bits per heavy atom. The molecule has 1 aromatic rings. The highest BCUT2D eigenvalue weighted by Gasteiger charge is 2.48. The first-order valence-corrected chi connectivity index (χ1v) is 12.3. The van der Waals surface area contributed by atoms with Crippen molar-refractivity contribution in [1.82, 2.24) is 4.90 Å². The molecule has 1 saturated carbocycles. The molecule has 3 fully saturated rings. The molecule has 1 amide bonds. The molecule has 180 valence electrons. The van der Waals surface area contributed by atoms with E-state index in [1.54, 1.807) is 12.3 Å². The maximum atomic E-state index is 12.5. The summed E-state index contributed by atoms with van der Waals surface area (Å²) in [6.07, 6.45) is 11.4. The van der Waals surface area contributed by atoms with Crippen molar-refractivity contribution in [3.8, 4) is 0 Å². The van der Waals surface area contributed by atoms with Gasteiger partial charge in [0.1, 0.15) is 0 Å². The van der Waals surface area contributed by atoms with Crippen LogP contribution in [0.1, 0.15) is 50.7 Å². The van der Waals surface area contributed by atoms with Crippen LogP contribution in [0.25, 0.3) is 5.57 Å². The van der Waals surface area contributed by atoms with Crippen LogP contribution in [0.2, 0.25) is 0 Å². The van der Waals surface area contributed by atoms with Gasteiger partial charge in [0.2, 0.25) is 5.91 Å². The van der Waals surface area contributed by atoms with Crippen LogP contribution in [0.4, 0.5) is 0 Å². The molecule has 3 aliphatic rings. The van der Waals surface area contributed by atoms with Gasteiger partial charge in [-0.1, -0.05) is 49.6 Å². The summed E-state index contributed by atoms with van der Waals surface area (Å²) >= 11 is 0. The van der Waals surface area contributed by atoms with Crippen LogP contribution < -0.4 is 0 Å². The minimum atomic E-state index is -0.726. The maximum Gasteiger partial charge on any atom is 0.225 e. The Balaban J connectivity index is 1.52. The average Bonchev–Trinajstić information content (AvgIpc) is 3.60. The van der Waals surface area contributed by atoms with Gasteiger partial charge in [0, 0.05) is 36.7 Å². The molecular formula is C29H36N2O3. The summed E-state index contributed by atoms with van der Waals surface area (Å²) in [5, 5.41) is 0. The van der Waals surface area contributed by atoms with Crippen molar-refractivity contribution in [3.63, 3.8) is 0 Å². The minimum absolute atomic E-state index is 0.230. The lowest BCUT2D eigenvalue weighted by atomic mass is 9.83. The lowest BCUT2D eigenvalue weighted by Crippen LogP contribution is -2.46. The SMILES string of the molecule is C=CC=N/C(=C/C(=C\C)c1ccc(C2(C3CCN(C(=O)C4CC4)CC3)OCCO2)cc1)C(=C)C. The highest BCUT2D eigenvalue weighted by molar-refractivity contribution is 5.81. The van der Waals surface area contributed by atoms with Gasteiger partial charge in [0.15, 0.2) is 5.79 Å². The van der Waals surface area contributed by atoms with Crippen molar-refractivity contribution in [2.75, 3.05) is 26.3 Å². The summed E-state index contributed by atoms with van der Waals surface area (Å²) in [5.41, 5.74) is 4.93. The number of aliphatic imine (C=N–C) groups is 1. The molecule has 5 nitrogen and oxygen atoms in total. The number of likely N-dealkylation sites (tertiary alicyclic amines) is 1. The molecule has 0 aromatic heterocycles. The molecule has 1 aliphatic carbocycles. The number of piperidine rings is 1. The monoisotopic (exact) mass is 460 g/mol. The zero-order chi connectivity index (χ0) is 24.1. The highest BCUT2D eigenvalue weighted by atomic mass is 16.7. The molecule has 0 spiro atoms. The van der Waals surface area contributed by atoms with E-state index in [-0.39, 0.29) is 11.8 Å². The number of benzene rings is 1. The number of amides is 1. The summed E-state index contributed by atoms with van der Waals surface area (Å²) in [7, 11) is 0. The molecule has 2 aliphatic heterocycles. The lowest BCUT2D eigenvalue weighted by Gasteiger charge is -2.41. The Bertz CT molecular complexity index is 1000. The lowest BCUT2D eigenvalue weighted by molar-refractivity contribution is -0.214. The van der Waals surface area contributed by atoms with Crippen LogP contribution in [-0.2, 0) is 20.1 Å². The molecule has 1 aromatic carbocycles. The van der Waals surface area contributed by atoms with Gasteiger partial charge in [-0.2, -0.15) is 0 Å². The second-order valence-corrected chi connectivity index (χ2v) is 9.38. The fourth-order valence-corrected chi connectivity index (χ4v) is 4.91. The van der Waals surface area contributed by atoms with Gasteiger partial charge in [-0.15, -0.1) is 0 Å². The fraction of sp³-hybridized carbons (Fsp3) is 0.448. The van der Waals surface area contributed by atoms with Gasteiger partial charge >= 0.3 is 0 Å². The van der Waals surface area contributed by atoms with E-state index in [1.807, 2.05) is 24.8 Å². The molecular weight excluding hydrogens is 424 g/mol. The summed E-state index contributed by atoms with van der Waals surface area (Å²) in [6.45, 7) is 14.5. The third kappa shape index (κ3) is 5.16. The van der Waals surface area contributed by atoms with Crippen LogP contribution in [0.15, 0.2) is 71.9 Å². The molecule has 0 N–H and O–H groups in total. The molecule has 0 atom stereocenters. The van der Waals surface area contributed by atoms with Crippen LogP contribution >= 0.6 is 0 Å². The van der Waals surface area contributed by atoms with Gasteiger partial charge in [-0.3, -0.25) is 9.79 Å². The predicted molar refractivity (Wildman–Crippen MR) is 137 cm³/mol. The standard InChI is InChI=1S/C29H36N2O3/c1-5-15-30-27(21(3)4)20-22(6-2)23-9-11-25(12-10-23)29(33-18-19-34-29)26-13-16-31(17-14-26)28(32)24-7-8-24/h5-6,9-12,15,20,24,26H,1,3,7-8,13-14,16-19H2,2,4H3/b22-6+,27-20+,30-15?. The molecule has 34 heavy (non-hydrogen) atoms. The largest absolute Gasteiger partial charge is 0.343 e. The Labute approximate surface area is 203 Å². The predicted octanol–water partition coefficient (Wildman–Crippen LogP) is 5.65. The van der Waals surface area contributed by atoms with E-state index in [0.29, 0.717) is 19.1 Å². The number of hydrogen-bond donors (Lipinski definition) is 0. The normalized spacial score (nSPS) is 21.8. The van der Waals surface area contributed by atoms with E-state index in [1.165, 1.54) is 0 Å². The Morgan fingerprint density at radius 3 is 2.29 bits per heavy atom. The number of carbonyl (C=O) groups is 1. The van der Waals surface area contributed by atoms with Crippen molar-refractivity contribution in [2.24, 2.45) is 16.8 Å². The van der Waals surface area contributed by atoms with Gasteiger partial charge in [-0.05, 0) is 62.3 Å². The molecule has 2 saturated heterocycles. The van der Waals surface area contributed by atoms with Crippen LogP contribution in [-0.4, -0.2) is 43.3 Å². The van der Waals surface area contributed by atoms with E-state index in [4.69, 9.17) is 9.47 Å². The first kappa shape index (κ1) is 24.4. The van der Waals surface area contributed by atoms with Crippen molar-refractivity contribution < 1.29 is 14.3 Å². The molecule has 4 rings (SSSR count). The highest BCUT2D eigenvalue weighted by Crippen LogP contribution is 2.44. The molecule has 0 bridgehead atoms. The molecule has 5 heteroatoms. The topological polar surface area (TPSA) is 51.1 Å². The smallest absolute Gasteiger partial charge is 0.225 e. The van der Waals surface area contributed by atoms with Gasteiger partial charge in [-0.25, -0.2) is 0 Å². The molecule has 0 radical (unpaired) electrons. The molecule has 0 unspecified atom stereocenters. The minimum Gasteiger partial charge on any atom is -0.343 e. The molecule has 2 heterocycles. The van der Waals surface area contributed by atoms with Crippen molar-refractivity contribution in [1.29, 1.82) is 0 Å². The zero-order valence-corrected chi connectivity index (χ0v) is 20.5. The van der Waals surface area contributed by atoms with E-state index in [2.05, 4.69) is 48.5 Å². The summed E-state index contributed by atoms with van der Waals surface area (Å²) in [6, 6.07) is 8.47.